The molecule has 5 rings (SSSR count). The fraction of sp³-hybridized carbons (Fsp3) is 0.667. The predicted molar refractivity (Wildman–Crippen MR) is 100 cm³/mol. The van der Waals surface area contributed by atoms with Gasteiger partial charge in [0, 0.05) is 0 Å². The number of carbonyl (C=O) groups excluding carboxylic acids is 1. The average molecular weight is 391 g/mol. The Hall–Kier alpha value is -1.40. The molecule has 1 aromatic carbocycles. The molecule has 5 nitrogen and oxygen atoms in total. The molecular weight excluding hydrogens is 362 g/mol. The number of carboxylic acid groups (broad SMARTS) is 1. The molecule has 0 unspecified atom stereocenters. The molecule has 1 aromatic rings. The third-order valence-electron chi connectivity index (χ3n) is 6.98. The molecule has 0 amide bonds. The van der Waals surface area contributed by atoms with E-state index in [1.54, 1.807) is 24.3 Å². The quantitative estimate of drug-likeness (QED) is 0.774. The second kappa shape index (κ2) is 6.89. The summed E-state index contributed by atoms with van der Waals surface area (Å²) in [5, 5.41) is 12.0. The van der Waals surface area contributed by atoms with Crippen LogP contribution >= 0.6 is 0 Å². The lowest BCUT2D eigenvalue weighted by Crippen LogP contribution is -2.62. The summed E-state index contributed by atoms with van der Waals surface area (Å²) < 4.78 is 28.3. The Morgan fingerprint density at radius 2 is 1.63 bits per heavy atom. The summed E-state index contributed by atoms with van der Waals surface area (Å²) in [4.78, 5) is 12.1. The molecule has 0 heterocycles. The van der Waals surface area contributed by atoms with Crippen molar-refractivity contribution in [3.05, 3.63) is 29.8 Å². The van der Waals surface area contributed by atoms with E-state index in [1.807, 2.05) is 0 Å². The van der Waals surface area contributed by atoms with Crippen LogP contribution in [-0.2, 0) is 21.2 Å². The van der Waals surface area contributed by atoms with Gasteiger partial charge in [-0.3, -0.25) is 0 Å². The average Bonchev–Trinajstić information content (AvgIpc) is 2.59. The van der Waals surface area contributed by atoms with Crippen molar-refractivity contribution in [3.63, 3.8) is 0 Å². The Kier molecular flexibility index (Phi) is 4.83. The van der Waals surface area contributed by atoms with Crippen LogP contribution in [0, 0.1) is 23.2 Å². The summed E-state index contributed by atoms with van der Waals surface area (Å²) in [5.74, 6) is 0.325. The maximum atomic E-state index is 12.9. The maximum Gasteiger partial charge on any atom is 0.241 e. The Morgan fingerprint density at radius 3 is 2.07 bits per heavy atom. The number of hydrogen-bond donors (Lipinski definition) is 1. The molecule has 4 aliphatic carbocycles. The molecule has 0 radical (unpaired) electrons. The van der Waals surface area contributed by atoms with E-state index >= 15 is 0 Å². The fourth-order valence-corrected chi connectivity index (χ4v) is 7.59. The van der Waals surface area contributed by atoms with Gasteiger partial charge in [-0.1, -0.05) is 25.5 Å². The third-order valence-corrected chi connectivity index (χ3v) is 8.42. The number of nitrogens with one attached hydrogen (secondary N) is 1. The molecule has 148 valence electrons. The SMILES string of the molecule is CCCc1ccc(S(=O)(=O)N[C@H](C(=O)[O-])C23CC4CC(CC(C4)C2)C3)cc1. The molecule has 1 N–H and O–H groups in total. The molecule has 27 heavy (non-hydrogen) atoms. The number of carbonyl (C=O) groups is 1. The van der Waals surface area contributed by atoms with Gasteiger partial charge in [-0.15, -0.1) is 0 Å². The van der Waals surface area contributed by atoms with Gasteiger partial charge in [0.1, 0.15) is 0 Å². The molecule has 4 fully saturated rings. The number of carboxylic acids is 1. The number of sulfonamides is 1. The minimum absolute atomic E-state index is 0.123. The van der Waals surface area contributed by atoms with E-state index in [9.17, 15) is 18.3 Å². The maximum absolute atomic E-state index is 12.9. The van der Waals surface area contributed by atoms with E-state index in [1.165, 1.54) is 19.3 Å². The smallest absolute Gasteiger partial charge is 0.241 e. The van der Waals surface area contributed by atoms with Crippen LogP contribution in [0.5, 0.6) is 0 Å². The van der Waals surface area contributed by atoms with Crippen molar-refractivity contribution < 1.29 is 18.3 Å². The first-order chi connectivity index (χ1) is 12.8. The van der Waals surface area contributed by atoms with Gasteiger partial charge in [0.05, 0.1) is 16.9 Å². The van der Waals surface area contributed by atoms with Gasteiger partial charge < -0.3 is 9.90 Å². The highest BCUT2D eigenvalue weighted by atomic mass is 32.2. The summed E-state index contributed by atoms with van der Waals surface area (Å²) in [6.45, 7) is 2.07. The van der Waals surface area contributed by atoms with E-state index in [-0.39, 0.29) is 4.90 Å². The van der Waals surface area contributed by atoms with E-state index in [4.69, 9.17) is 0 Å². The lowest BCUT2D eigenvalue weighted by molar-refractivity contribution is -0.313. The Balaban J connectivity index is 1.59. The zero-order valence-corrected chi connectivity index (χ0v) is 16.6. The molecule has 0 aromatic heterocycles. The van der Waals surface area contributed by atoms with Crippen LogP contribution in [-0.4, -0.2) is 20.4 Å². The summed E-state index contributed by atoms with van der Waals surface area (Å²) in [6, 6.07) is 5.60. The van der Waals surface area contributed by atoms with Gasteiger partial charge in [0.2, 0.25) is 10.0 Å². The summed E-state index contributed by atoms with van der Waals surface area (Å²) in [6.07, 6.45) is 7.80. The first kappa shape index (κ1) is 18.9. The van der Waals surface area contributed by atoms with Crippen LogP contribution in [0.2, 0.25) is 0 Å². The van der Waals surface area contributed by atoms with Crippen molar-refractivity contribution in [2.24, 2.45) is 23.2 Å². The molecule has 0 aliphatic heterocycles. The van der Waals surface area contributed by atoms with Crippen molar-refractivity contribution in [1.29, 1.82) is 0 Å². The van der Waals surface area contributed by atoms with Crippen molar-refractivity contribution in [1.82, 2.24) is 4.72 Å². The standard InChI is InChI=1S/C21H29NO4S/c1-2-3-14-4-6-18(7-5-14)27(25,26)22-19(20(23)24)21-11-15-8-16(12-21)10-17(9-15)13-21/h4-7,15-17,19,22H,2-3,8-13H2,1H3,(H,23,24)/p-1/t15?,16?,17?,19-,21?/m1/s1. The lowest BCUT2D eigenvalue weighted by atomic mass is 9.48. The Labute approximate surface area is 161 Å². The predicted octanol–water partition coefficient (Wildman–Crippen LogP) is 2.25. The van der Waals surface area contributed by atoms with Crippen LogP contribution in [0.4, 0.5) is 0 Å². The number of benzene rings is 1. The van der Waals surface area contributed by atoms with Gasteiger partial charge >= 0.3 is 0 Å². The minimum Gasteiger partial charge on any atom is -0.548 e. The highest BCUT2D eigenvalue weighted by Crippen LogP contribution is 2.61. The molecule has 4 bridgehead atoms. The molecule has 1 atom stereocenters. The van der Waals surface area contributed by atoms with Gasteiger partial charge in [0.15, 0.2) is 0 Å². The van der Waals surface area contributed by atoms with Crippen LogP contribution in [0.1, 0.15) is 57.4 Å². The summed E-state index contributed by atoms with van der Waals surface area (Å²) in [5.41, 5.74) is 0.594. The fourth-order valence-electron chi connectivity index (χ4n) is 6.30. The summed E-state index contributed by atoms with van der Waals surface area (Å²) in [7, 11) is -3.90. The van der Waals surface area contributed by atoms with Crippen molar-refractivity contribution in [3.8, 4) is 0 Å². The van der Waals surface area contributed by atoms with Gasteiger partial charge in [-0.05, 0) is 85.8 Å². The van der Waals surface area contributed by atoms with Crippen LogP contribution < -0.4 is 9.83 Å². The van der Waals surface area contributed by atoms with E-state index in [0.717, 1.165) is 37.7 Å². The molecular formula is C21H28NO4S-. The minimum atomic E-state index is -3.90. The van der Waals surface area contributed by atoms with Gasteiger partial charge in [-0.2, -0.15) is 0 Å². The second-order valence-corrected chi connectivity index (χ2v) is 10.8. The number of aryl methyl sites for hydroxylation is 1. The third kappa shape index (κ3) is 3.54. The first-order valence-electron chi connectivity index (χ1n) is 10.1. The van der Waals surface area contributed by atoms with Crippen molar-refractivity contribution in [2.75, 3.05) is 0 Å². The van der Waals surface area contributed by atoms with Gasteiger partial charge in [0.25, 0.3) is 0 Å². The van der Waals surface area contributed by atoms with E-state index in [2.05, 4.69) is 11.6 Å². The molecule has 6 heteroatoms. The first-order valence-corrected chi connectivity index (χ1v) is 11.6. The van der Waals surface area contributed by atoms with Crippen LogP contribution in [0.25, 0.3) is 0 Å². The largest absolute Gasteiger partial charge is 0.548 e. The lowest BCUT2D eigenvalue weighted by Gasteiger charge is -2.59. The van der Waals surface area contributed by atoms with Crippen LogP contribution in [0.3, 0.4) is 0 Å². The molecule has 4 aliphatic rings. The normalized spacial score (nSPS) is 33.1. The number of rotatable bonds is 7. The zero-order chi connectivity index (χ0) is 19.2. The highest BCUT2D eigenvalue weighted by molar-refractivity contribution is 7.89. The van der Waals surface area contributed by atoms with E-state index in [0.29, 0.717) is 17.8 Å². The Morgan fingerprint density at radius 1 is 1.11 bits per heavy atom. The highest BCUT2D eigenvalue weighted by Gasteiger charge is 2.55. The second-order valence-electron chi connectivity index (χ2n) is 9.05. The molecule has 0 saturated heterocycles. The van der Waals surface area contributed by atoms with Crippen molar-refractivity contribution in [2.45, 2.75) is 69.2 Å². The van der Waals surface area contributed by atoms with Gasteiger partial charge in [-0.25, -0.2) is 13.1 Å². The van der Waals surface area contributed by atoms with E-state index < -0.39 is 27.4 Å². The number of aliphatic carboxylic acids is 1. The van der Waals surface area contributed by atoms with Crippen molar-refractivity contribution >= 4 is 16.0 Å². The summed E-state index contributed by atoms with van der Waals surface area (Å²) >= 11 is 0. The number of hydrogen-bond acceptors (Lipinski definition) is 4. The molecule has 4 saturated carbocycles. The van der Waals surface area contributed by atoms with Crippen LogP contribution in [0.15, 0.2) is 29.2 Å². The zero-order valence-electron chi connectivity index (χ0n) is 15.8. The Bertz CT molecular complexity index is 780. The monoisotopic (exact) mass is 390 g/mol. The topological polar surface area (TPSA) is 86.3 Å². The molecule has 0 spiro atoms.